The maximum absolute atomic E-state index is 11.9. The van der Waals surface area contributed by atoms with E-state index in [1.807, 2.05) is 17.1 Å². The molecular formula is C12H23F3N2OS. The Kier molecular flexibility index (Phi) is 10.1. The summed E-state index contributed by atoms with van der Waals surface area (Å²) in [5, 5.41) is 4.79. The number of alkyl halides is 3. The number of amides is 1. The third-order valence-corrected chi connectivity index (χ3v) is 3.28. The average Bonchev–Trinajstić information content (AvgIpc) is 2.33. The normalized spacial score (nSPS) is 13.3. The minimum atomic E-state index is -4.35. The lowest BCUT2D eigenvalue weighted by Gasteiger charge is -2.15. The highest BCUT2D eigenvalue weighted by molar-refractivity contribution is 7.98. The molecule has 0 aliphatic carbocycles. The summed E-state index contributed by atoms with van der Waals surface area (Å²) in [5.41, 5.74) is 0. The molecule has 0 saturated heterocycles. The molecule has 1 atom stereocenters. The molecule has 2 N–H and O–H groups in total. The summed E-state index contributed by atoms with van der Waals surface area (Å²) < 4.78 is 35.7. The van der Waals surface area contributed by atoms with Gasteiger partial charge in [0.25, 0.3) is 0 Å². The Labute approximate surface area is 117 Å². The van der Waals surface area contributed by atoms with Crippen LogP contribution in [0.3, 0.4) is 0 Å². The summed E-state index contributed by atoms with van der Waals surface area (Å²) in [6.45, 7) is 0.950. The third kappa shape index (κ3) is 12.4. The van der Waals surface area contributed by atoms with Gasteiger partial charge >= 0.3 is 6.18 Å². The van der Waals surface area contributed by atoms with Gasteiger partial charge in [0.05, 0.1) is 6.04 Å². The van der Waals surface area contributed by atoms with Gasteiger partial charge < -0.3 is 10.6 Å². The van der Waals surface area contributed by atoms with Crippen LogP contribution < -0.4 is 10.6 Å². The molecule has 0 heterocycles. The maximum atomic E-state index is 11.9. The van der Waals surface area contributed by atoms with Crippen LogP contribution in [-0.2, 0) is 4.79 Å². The number of thioether (sulfide) groups is 1. The predicted octanol–water partition coefficient (Wildman–Crippen LogP) is 2.57. The van der Waals surface area contributed by atoms with E-state index in [1.165, 1.54) is 6.42 Å². The summed E-state index contributed by atoms with van der Waals surface area (Å²) >= 11 is 1.82. The van der Waals surface area contributed by atoms with Gasteiger partial charge in [-0.3, -0.25) is 4.79 Å². The van der Waals surface area contributed by atoms with Crippen LogP contribution in [0, 0.1) is 0 Å². The van der Waals surface area contributed by atoms with Gasteiger partial charge in [-0.05, 0) is 38.3 Å². The Bertz CT molecular complexity index is 250. The van der Waals surface area contributed by atoms with E-state index in [1.54, 1.807) is 6.92 Å². The first-order valence-corrected chi connectivity index (χ1v) is 7.83. The second-order valence-corrected chi connectivity index (χ2v) is 5.40. The highest BCUT2D eigenvalue weighted by atomic mass is 32.2. The quantitative estimate of drug-likeness (QED) is 0.609. The maximum Gasteiger partial charge on any atom is 0.405 e. The van der Waals surface area contributed by atoms with Crippen molar-refractivity contribution in [2.75, 3.05) is 25.1 Å². The smallest absolute Gasteiger partial charge is 0.346 e. The van der Waals surface area contributed by atoms with Gasteiger partial charge in [0, 0.05) is 0 Å². The van der Waals surface area contributed by atoms with Crippen LogP contribution in [0.4, 0.5) is 13.2 Å². The number of hydrogen-bond donors (Lipinski definition) is 2. The first kappa shape index (κ1) is 18.6. The molecule has 0 saturated carbocycles. The molecule has 0 rings (SSSR count). The van der Waals surface area contributed by atoms with E-state index in [-0.39, 0.29) is 0 Å². The summed E-state index contributed by atoms with van der Waals surface area (Å²) in [5.74, 6) is 0.545. The van der Waals surface area contributed by atoms with Crippen molar-refractivity contribution in [1.82, 2.24) is 10.6 Å². The molecule has 0 fully saturated rings. The lowest BCUT2D eigenvalue weighted by atomic mass is 10.2. The van der Waals surface area contributed by atoms with E-state index >= 15 is 0 Å². The van der Waals surface area contributed by atoms with E-state index in [0.717, 1.165) is 25.0 Å². The van der Waals surface area contributed by atoms with Crippen molar-refractivity contribution in [3.8, 4) is 0 Å². The molecule has 0 aromatic heterocycles. The summed E-state index contributed by atoms with van der Waals surface area (Å²) in [6, 6.07) is -0.589. The van der Waals surface area contributed by atoms with Crippen molar-refractivity contribution in [1.29, 1.82) is 0 Å². The zero-order valence-electron chi connectivity index (χ0n) is 11.5. The van der Waals surface area contributed by atoms with Crippen LogP contribution in [0.25, 0.3) is 0 Å². The fraction of sp³-hybridized carbons (Fsp3) is 0.917. The van der Waals surface area contributed by atoms with Crippen LogP contribution in [0.15, 0.2) is 0 Å². The molecule has 0 aromatic rings. The molecule has 7 heteroatoms. The first-order valence-electron chi connectivity index (χ1n) is 6.43. The van der Waals surface area contributed by atoms with Gasteiger partial charge in [0.1, 0.15) is 6.54 Å². The molecule has 0 radical (unpaired) electrons. The Hall–Kier alpha value is -0.430. The van der Waals surface area contributed by atoms with E-state index in [0.29, 0.717) is 6.54 Å². The summed E-state index contributed by atoms with van der Waals surface area (Å²) in [6.07, 6.45) is 2.06. The molecule has 3 nitrogen and oxygen atoms in total. The molecule has 1 amide bonds. The van der Waals surface area contributed by atoms with Crippen molar-refractivity contribution in [2.45, 2.75) is 44.8 Å². The number of carbonyl (C=O) groups excluding carboxylic acids is 1. The lowest BCUT2D eigenvalue weighted by molar-refractivity contribution is -0.139. The Morgan fingerprint density at radius 1 is 1.21 bits per heavy atom. The van der Waals surface area contributed by atoms with Crippen molar-refractivity contribution < 1.29 is 18.0 Å². The number of hydrogen-bond acceptors (Lipinski definition) is 3. The van der Waals surface area contributed by atoms with Gasteiger partial charge in [0.15, 0.2) is 0 Å². The van der Waals surface area contributed by atoms with Gasteiger partial charge in [0.2, 0.25) is 5.91 Å². The van der Waals surface area contributed by atoms with Crippen molar-refractivity contribution >= 4 is 17.7 Å². The minimum Gasteiger partial charge on any atom is -0.346 e. The number of nitrogens with one attached hydrogen (secondary N) is 2. The Balaban J connectivity index is 3.52. The highest BCUT2D eigenvalue weighted by Crippen LogP contribution is 2.12. The second kappa shape index (κ2) is 10.4. The van der Waals surface area contributed by atoms with Gasteiger partial charge in [-0.25, -0.2) is 0 Å². The van der Waals surface area contributed by atoms with E-state index in [4.69, 9.17) is 0 Å². The topological polar surface area (TPSA) is 41.1 Å². The molecule has 0 aromatic carbocycles. The minimum absolute atomic E-state index is 0.589. The van der Waals surface area contributed by atoms with E-state index in [9.17, 15) is 18.0 Å². The molecule has 0 spiro atoms. The molecular weight excluding hydrogens is 277 g/mol. The summed E-state index contributed by atoms with van der Waals surface area (Å²) in [4.78, 5) is 11.3. The lowest BCUT2D eigenvalue weighted by Crippen LogP contribution is -2.45. The van der Waals surface area contributed by atoms with Crippen LogP contribution in [0.1, 0.15) is 32.6 Å². The number of carbonyl (C=O) groups is 1. The number of halogens is 3. The zero-order valence-corrected chi connectivity index (χ0v) is 12.3. The standard InChI is InChI=1S/C12H23F3N2OS/c1-10(11(18)17-9-12(13,14)15)16-7-5-3-4-6-8-19-2/h10,16H,3-9H2,1-2H3,(H,17,18). The number of rotatable bonds is 10. The molecule has 114 valence electrons. The molecule has 19 heavy (non-hydrogen) atoms. The fourth-order valence-electron chi connectivity index (χ4n) is 1.48. The Morgan fingerprint density at radius 2 is 1.84 bits per heavy atom. The van der Waals surface area contributed by atoms with Crippen LogP contribution in [0.5, 0.6) is 0 Å². The Morgan fingerprint density at radius 3 is 2.42 bits per heavy atom. The van der Waals surface area contributed by atoms with Crippen LogP contribution in [0.2, 0.25) is 0 Å². The zero-order chi connectivity index (χ0) is 14.7. The van der Waals surface area contributed by atoms with Gasteiger partial charge in [-0.1, -0.05) is 12.8 Å². The van der Waals surface area contributed by atoms with Crippen molar-refractivity contribution in [3.05, 3.63) is 0 Å². The van der Waals surface area contributed by atoms with Gasteiger partial charge in [-0.15, -0.1) is 0 Å². The molecule has 0 aliphatic heterocycles. The van der Waals surface area contributed by atoms with E-state index < -0.39 is 24.7 Å². The molecule has 1 unspecified atom stereocenters. The van der Waals surface area contributed by atoms with E-state index in [2.05, 4.69) is 11.6 Å². The third-order valence-electron chi connectivity index (χ3n) is 2.58. The van der Waals surface area contributed by atoms with Crippen LogP contribution in [-0.4, -0.2) is 43.2 Å². The monoisotopic (exact) mass is 300 g/mol. The average molecular weight is 300 g/mol. The highest BCUT2D eigenvalue weighted by Gasteiger charge is 2.28. The molecule has 0 aliphatic rings. The predicted molar refractivity (Wildman–Crippen MR) is 73.4 cm³/mol. The van der Waals surface area contributed by atoms with Gasteiger partial charge in [-0.2, -0.15) is 24.9 Å². The number of unbranched alkanes of at least 4 members (excludes halogenated alkanes) is 3. The first-order chi connectivity index (χ1) is 8.87. The summed E-state index contributed by atoms with van der Waals surface area (Å²) in [7, 11) is 0. The second-order valence-electron chi connectivity index (χ2n) is 4.42. The van der Waals surface area contributed by atoms with Crippen LogP contribution >= 0.6 is 11.8 Å². The van der Waals surface area contributed by atoms with Crippen molar-refractivity contribution in [2.24, 2.45) is 0 Å². The fourth-order valence-corrected chi connectivity index (χ4v) is 1.97. The largest absolute Gasteiger partial charge is 0.405 e. The molecule has 0 bridgehead atoms. The van der Waals surface area contributed by atoms with Crippen molar-refractivity contribution in [3.63, 3.8) is 0 Å². The SMILES string of the molecule is CSCCCCCCNC(C)C(=O)NCC(F)(F)F.